The molecular formula is C20H30FNO4Si. The molecule has 2 aliphatic rings. The van der Waals surface area contributed by atoms with E-state index in [-0.39, 0.29) is 36.2 Å². The first kappa shape index (κ1) is 20.3. The average molecular weight is 396 g/mol. The van der Waals surface area contributed by atoms with Crippen LogP contribution in [0.25, 0.3) is 0 Å². The minimum absolute atomic E-state index is 0.0574. The van der Waals surface area contributed by atoms with Gasteiger partial charge in [-0.3, -0.25) is 4.79 Å². The molecule has 0 aliphatic carbocycles. The summed E-state index contributed by atoms with van der Waals surface area (Å²) in [7, 11) is -1.38. The van der Waals surface area contributed by atoms with Crippen LogP contribution in [0, 0.1) is 5.92 Å². The molecule has 3 rings (SSSR count). The number of halogens is 1. The third kappa shape index (κ3) is 3.91. The molecular weight excluding hydrogens is 365 g/mol. The molecule has 0 bridgehead atoms. The van der Waals surface area contributed by atoms with Crippen molar-refractivity contribution in [3.8, 4) is 5.75 Å². The van der Waals surface area contributed by atoms with Gasteiger partial charge in [0.05, 0.1) is 6.10 Å². The van der Waals surface area contributed by atoms with Crippen LogP contribution in [0.4, 0.5) is 9.80 Å². The van der Waals surface area contributed by atoms with Crippen LogP contribution < -0.4 is 9.64 Å². The number of hydrogen-bond acceptors (Lipinski definition) is 4. The first-order valence-electron chi connectivity index (χ1n) is 9.71. The monoisotopic (exact) mass is 395 g/mol. The number of amides is 1. The molecule has 1 amide bonds. The molecule has 1 N–H and O–H groups in total. The van der Waals surface area contributed by atoms with E-state index < -0.39 is 8.41 Å². The summed E-state index contributed by atoms with van der Waals surface area (Å²) in [5.74, 6) is 0.757. The molecule has 2 heterocycles. The lowest BCUT2D eigenvalue weighted by molar-refractivity contribution is -0.117. The van der Waals surface area contributed by atoms with E-state index in [4.69, 9.17) is 9.47 Å². The second kappa shape index (κ2) is 7.89. The molecule has 2 aliphatic heterocycles. The molecule has 1 unspecified atom stereocenters. The quantitative estimate of drug-likeness (QED) is 0.588. The fourth-order valence-corrected chi connectivity index (χ4v) is 6.46. The lowest BCUT2D eigenvalue weighted by Crippen LogP contribution is -2.46. The Kier molecular flexibility index (Phi) is 5.93. The lowest BCUT2D eigenvalue weighted by atomic mass is 9.86. The second-order valence-corrected chi connectivity index (χ2v) is 12.0. The van der Waals surface area contributed by atoms with Crippen molar-refractivity contribution in [2.45, 2.75) is 57.0 Å². The Balaban J connectivity index is 1.95. The Morgan fingerprint density at radius 1 is 1.44 bits per heavy atom. The minimum atomic E-state index is -3.04. The van der Waals surface area contributed by atoms with Gasteiger partial charge in [0.2, 0.25) is 14.3 Å². The van der Waals surface area contributed by atoms with Gasteiger partial charge in [0.25, 0.3) is 0 Å². The van der Waals surface area contributed by atoms with E-state index in [9.17, 15) is 14.0 Å². The smallest absolute Gasteiger partial charge is 0.247 e. The van der Waals surface area contributed by atoms with Crippen LogP contribution in [-0.4, -0.2) is 45.8 Å². The molecule has 7 heteroatoms. The predicted molar refractivity (Wildman–Crippen MR) is 105 cm³/mol. The summed E-state index contributed by atoms with van der Waals surface area (Å²) < 4.78 is 27.0. The van der Waals surface area contributed by atoms with Crippen LogP contribution in [0.2, 0.25) is 18.6 Å². The molecule has 0 radical (unpaired) electrons. The van der Waals surface area contributed by atoms with Crippen LogP contribution in [0.5, 0.6) is 5.75 Å². The van der Waals surface area contributed by atoms with Crippen molar-refractivity contribution in [1.82, 2.24) is 0 Å². The van der Waals surface area contributed by atoms with Crippen LogP contribution >= 0.6 is 0 Å². The number of rotatable bonds is 6. The van der Waals surface area contributed by atoms with E-state index in [1.807, 2.05) is 25.1 Å². The second-order valence-electron chi connectivity index (χ2n) is 8.15. The van der Waals surface area contributed by atoms with Crippen molar-refractivity contribution in [1.29, 1.82) is 0 Å². The van der Waals surface area contributed by atoms with E-state index in [1.165, 1.54) is 0 Å². The molecule has 27 heavy (non-hydrogen) atoms. The number of aliphatic hydroxyl groups excluding tert-OH is 1. The van der Waals surface area contributed by atoms with Gasteiger partial charge in [-0.15, -0.1) is 0 Å². The van der Waals surface area contributed by atoms with Gasteiger partial charge in [-0.1, -0.05) is 6.92 Å². The number of fused-ring (bicyclic) bond motifs is 1. The highest BCUT2D eigenvalue weighted by molar-refractivity contribution is 6.72. The van der Waals surface area contributed by atoms with E-state index in [0.29, 0.717) is 18.6 Å². The Labute approximate surface area is 161 Å². The molecule has 0 saturated carbocycles. The zero-order chi connectivity index (χ0) is 19.8. The molecule has 1 aromatic rings. The number of benzene rings is 1. The number of hydrogen-bond donors (Lipinski definition) is 1. The fourth-order valence-electron chi connectivity index (χ4n) is 4.49. The van der Waals surface area contributed by atoms with Gasteiger partial charge in [0.1, 0.15) is 11.9 Å². The van der Waals surface area contributed by atoms with E-state index >= 15 is 0 Å². The number of carbonyl (C=O) groups is 1. The van der Waals surface area contributed by atoms with Gasteiger partial charge >= 0.3 is 0 Å². The van der Waals surface area contributed by atoms with Gasteiger partial charge < -0.3 is 23.6 Å². The van der Waals surface area contributed by atoms with Gasteiger partial charge in [0, 0.05) is 49.4 Å². The van der Waals surface area contributed by atoms with Gasteiger partial charge in [0.15, 0.2) is 0 Å². The average Bonchev–Trinajstić information content (AvgIpc) is 3.04. The summed E-state index contributed by atoms with van der Waals surface area (Å²) in [4.78, 5) is 13.9. The highest BCUT2D eigenvalue weighted by atomic mass is 28.4. The standard InChI is InChI=1S/C20H30FNO4Si/c1-13-19(25-2)15-12-14(22-10-5-6-18(22)24)7-8-16(15)26-20(13)17(9-11-23)27(3,4)21/h7-8,12-13,17,19-20,23H,5-6,9-11H2,1-4H3/t13-,17?,19-,20-/m1/s1. The summed E-state index contributed by atoms with van der Waals surface area (Å²) in [6.45, 7) is 6.03. The van der Waals surface area contributed by atoms with Crippen LogP contribution in [0.15, 0.2) is 18.2 Å². The highest BCUT2D eigenvalue weighted by Crippen LogP contribution is 2.48. The Morgan fingerprint density at radius 3 is 2.74 bits per heavy atom. The van der Waals surface area contributed by atoms with Crippen molar-refractivity contribution in [3.05, 3.63) is 23.8 Å². The first-order chi connectivity index (χ1) is 12.8. The molecule has 1 saturated heterocycles. The summed E-state index contributed by atoms with van der Waals surface area (Å²) in [6.07, 6.45) is 1.25. The predicted octanol–water partition coefficient (Wildman–Crippen LogP) is 3.83. The number of nitrogens with zero attached hydrogens (tertiary/aromatic N) is 1. The minimum Gasteiger partial charge on any atom is -0.490 e. The van der Waals surface area contributed by atoms with Crippen LogP contribution in [-0.2, 0) is 9.53 Å². The maximum absolute atomic E-state index is 15.0. The van der Waals surface area contributed by atoms with Gasteiger partial charge in [-0.05, 0) is 44.1 Å². The lowest BCUT2D eigenvalue weighted by Gasteiger charge is -2.43. The van der Waals surface area contributed by atoms with Crippen molar-refractivity contribution in [2.24, 2.45) is 5.92 Å². The summed E-state index contributed by atoms with van der Waals surface area (Å²) in [6, 6.07) is 5.73. The summed E-state index contributed by atoms with van der Waals surface area (Å²) >= 11 is 0. The van der Waals surface area contributed by atoms with E-state index in [0.717, 1.165) is 24.2 Å². The zero-order valence-electron chi connectivity index (χ0n) is 16.6. The van der Waals surface area contributed by atoms with Crippen molar-refractivity contribution < 1.29 is 23.5 Å². The fraction of sp³-hybridized carbons (Fsp3) is 0.650. The van der Waals surface area contributed by atoms with Crippen molar-refractivity contribution in [3.63, 3.8) is 0 Å². The summed E-state index contributed by atoms with van der Waals surface area (Å²) in [5, 5.41) is 9.45. The van der Waals surface area contributed by atoms with Gasteiger partial charge in [-0.2, -0.15) is 0 Å². The Morgan fingerprint density at radius 2 is 2.19 bits per heavy atom. The topological polar surface area (TPSA) is 59.0 Å². The number of carbonyl (C=O) groups excluding carboxylic acids is 1. The number of aliphatic hydroxyl groups is 1. The SMILES string of the molecule is CO[C@H]1c2cc(N3CCCC3=O)ccc2O[C@@H](C(CCO)[Si](C)(C)F)[C@@H]1C. The van der Waals surface area contributed by atoms with E-state index in [1.54, 1.807) is 25.1 Å². The molecule has 150 valence electrons. The molecule has 0 aromatic heterocycles. The normalized spacial score (nSPS) is 26.7. The van der Waals surface area contributed by atoms with Crippen LogP contribution in [0.3, 0.4) is 0 Å². The maximum atomic E-state index is 15.0. The van der Waals surface area contributed by atoms with Crippen molar-refractivity contribution in [2.75, 3.05) is 25.2 Å². The molecule has 4 atom stereocenters. The molecule has 1 fully saturated rings. The Bertz CT molecular complexity index is 693. The van der Waals surface area contributed by atoms with Crippen LogP contribution in [0.1, 0.15) is 37.9 Å². The molecule has 0 spiro atoms. The molecule has 5 nitrogen and oxygen atoms in total. The third-order valence-corrected chi connectivity index (χ3v) is 8.30. The number of ether oxygens (including phenoxy) is 2. The van der Waals surface area contributed by atoms with E-state index in [2.05, 4.69) is 0 Å². The third-order valence-electron chi connectivity index (χ3n) is 5.92. The first-order valence-corrected chi connectivity index (χ1v) is 12.7. The number of methoxy groups -OCH3 is 1. The zero-order valence-corrected chi connectivity index (χ0v) is 17.6. The maximum Gasteiger partial charge on any atom is 0.247 e. The summed E-state index contributed by atoms with van der Waals surface area (Å²) in [5.41, 5.74) is 1.45. The van der Waals surface area contributed by atoms with Crippen molar-refractivity contribution >= 4 is 20.0 Å². The van der Waals surface area contributed by atoms with Gasteiger partial charge in [-0.25, -0.2) is 0 Å². The largest absolute Gasteiger partial charge is 0.490 e. The number of anilines is 1. The molecule has 1 aromatic carbocycles. The highest BCUT2D eigenvalue weighted by Gasteiger charge is 2.47. The Hall–Kier alpha value is -1.44.